The molecule has 0 bridgehead atoms. The Labute approximate surface area is 130 Å². The van der Waals surface area contributed by atoms with Gasteiger partial charge in [0.1, 0.15) is 0 Å². The van der Waals surface area contributed by atoms with Crippen LogP contribution in [0.2, 0.25) is 0 Å². The van der Waals surface area contributed by atoms with Gasteiger partial charge in [-0.05, 0) is 31.1 Å². The van der Waals surface area contributed by atoms with E-state index < -0.39 is 11.5 Å². The number of rotatable bonds is 3. The lowest BCUT2D eigenvalue weighted by Crippen LogP contribution is -2.32. The third-order valence-electron chi connectivity index (χ3n) is 3.88. The smallest absolute Gasteiger partial charge is 0.350 e. The van der Waals surface area contributed by atoms with E-state index in [1.165, 1.54) is 6.08 Å². The molecular formula is C19H17NO2. The number of ether oxygens (including phenoxy) is 1. The van der Waals surface area contributed by atoms with Crippen molar-refractivity contribution >= 4 is 11.9 Å². The fourth-order valence-corrected chi connectivity index (χ4v) is 2.61. The van der Waals surface area contributed by atoms with Gasteiger partial charge in [0.05, 0.1) is 0 Å². The summed E-state index contributed by atoms with van der Waals surface area (Å²) in [7, 11) is 0. The van der Waals surface area contributed by atoms with Crippen LogP contribution in [-0.4, -0.2) is 11.9 Å². The minimum absolute atomic E-state index is 0.256. The molecule has 0 amide bonds. The maximum absolute atomic E-state index is 12.7. The van der Waals surface area contributed by atoms with E-state index in [2.05, 4.69) is 11.6 Å². The van der Waals surface area contributed by atoms with Crippen LogP contribution >= 0.6 is 0 Å². The number of aryl methyl sites for hydroxylation is 2. The van der Waals surface area contributed by atoms with Gasteiger partial charge in [-0.2, -0.15) is 0 Å². The SMILES string of the molecule is C=CC1=NC(c2ccc(C)cc2)(c2ccc(C)cc2)C(=O)O1. The first-order valence-corrected chi connectivity index (χ1v) is 7.15. The van der Waals surface area contributed by atoms with Gasteiger partial charge in [-0.15, -0.1) is 0 Å². The third kappa shape index (κ3) is 2.15. The first-order valence-electron chi connectivity index (χ1n) is 7.15. The number of esters is 1. The van der Waals surface area contributed by atoms with Crippen molar-refractivity contribution in [2.75, 3.05) is 0 Å². The second kappa shape index (κ2) is 5.26. The van der Waals surface area contributed by atoms with Crippen LogP contribution < -0.4 is 0 Å². The Bertz CT molecular complexity index is 710. The van der Waals surface area contributed by atoms with Crippen molar-refractivity contribution in [2.24, 2.45) is 4.99 Å². The summed E-state index contributed by atoms with van der Waals surface area (Å²) in [5.41, 5.74) is 2.70. The van der Waals surface area contributed by atoms with E-state index in [4.69, 9.17) is 4.74 Å². The van der Waals surface area contributed by atoms with Crippen molar-refractivity contribution < 1.29 is 9.53 Å². The van der Waals surface area contributed by atoms with Crippen LogP contribution in [0.4, 0.5) is 0 Å². The van der Waals surface area contributed by atoms with Gasteiger partial charge in [-0.1, -0.05) is 66.2 Å². The van der Waals surface area contributed by atoms with Crippen LogP contribution in [0.5, 0.6) is 0 Å². The van der Waals surface area contributed by atoms with Crippen LogP contribution in [0, 0.1) is 13.8 Å². The number of aliphatic imine (C=N–C) groups is 1. The molecule has 1 aliphatic rings. The molecule has 2 aromatic rings. The fourth-order valence-electron chi connectivity index (χ4n) is 2.61. The number of hydrogen-bond acceptors (Lipinski definition) is 3. The summed E-state index contributed by atoms with van der Waals surface area (Å²) in [6.45, 7) is 7.67. The molecule has 3 rings (SSSR count). The highest BCUT2D eigenvalue weighted by Crippen LogP contribution is 2.39. The molecule has 0 atom stereocenters. The number of hydrogen-bond donors (Lipinski definition) is 0. The minimum Gasteiger partial charge on any atom is -0.405 e. The van der Waals surface area contributed by atoms with E-state index in [-0.39, 0.29) is 5.90 Å². The summed E-state index contributed by atoms with van der Waals surface area (Å²) in [6, 6.07) is 15.6. The average molecular weight is 291 g/mol. The summed E-state index contributed by atoms with van der Waals surface area (Å²) < 4.78 is 5.29. The van der Waals surface area contributed by atoms with Gasteiger partial charge >= 0.3 is 5.97 Å². The molecule has 3 heteroatoms. The third-order valence-corrected chi connectivity index (χ3v) is 3.88. The number of nitrogens with zero attached hydrogens (tertiary/aromatic N) is 1. The molecule has 2 aromatic carbocycles. The number of carbonyl (C=O) groups is 1. The number of cyclic esters (lactones) is 1. The van der Waals surface area contributed by atoms with Crippen molar-refractivity contribution in [1.29, 1.82) is 0 Å². The Hall–Kier alpha value is -2.68. The minimum atomic E-state index is -1.15. The average Bonchev–Trinajstić information content (AvgIpc) is 2.86. The maximum Gasteiger partial charge on any atom is 0.350 e. The molecule has 0 spiro atoms. The molecule has 22 heavy (non-hydrogen) atoms. The zero-order valence-electron chi connectivity index (χ0n) is 12.7. The highest BCUT2D eigenvalue weighted by atomic mass is 16.6. The maximum atomic E-state index is 12.7. The summed E-state index contributed by atoms with van der Waals surface area (Å²) >= 11 is 0. The van der Waals surface area contributed by atoms with E-state index in [9.17, 15) is 4.79 Å². The lowest BCUT2D eigenvalue weighted by molar-refractivity contribution is -0.137. The van der Waals surface area contributed by atoms with Gasteiger partial charge < -0.3 is 4.74 Å². The molecule has 0 saturated carbocycles. The Morgan fingerprint density at radius 2 is 1.41 bits per heavy atom. The Morgan fingerprint density at radius 1 is 0.955 bits per heavy atom. The van der Waals surface area contributed by atoms with Crippen molar-refractivity contribution in [3.8, 4) is 0 Å². The summed E-state index contributed by atoms with van der Waals surface area (Å²) in [6.07, 6.45) is 1.46. The molecule has 0 aliphatic carbocycles. The van der Waals surface area contributed by atoms with Crippen LogP contribution in [0.15, 0.2) is 66.2 Å². The van der Waals surface area contributed by atoms with Crippen molar-refractivity contribution in [3.05, 3.63) is 83.4 Å². The number of carbonyl (C=O) groups excluding carboxylic acids is 1. The first kappa shape index (κ1) is 14.3. The second-order valence-corrected chi connectivity index (χ2v) is 5.49. The van der Waals surface area contributed by atoms with Gasteiger partial charge in [0.15, 0.2) is 0 Å². The molecule has 3 nitrogen and oxygen atoms in total. The number of benzene rings is 2. The molecule has 0 unspecified atom stereocenters. The van der Waals surface area contributed by atoms with Crippen LogP contribution in [-0.2, 0) is 15.1 Å². The van der Waals surface area contributed by atoms with Crippen LogP contribution in [0.1, 0.15) is 22.3 Å². The lowest BCUT2D eigenvalue weighted by Gasteiger charge is -2.23. The summed E-state index contributed by atoms with van der Waals surface area (Å²) in [5.74, 6) is -0.138. The summed E-state index contributed by atoms with van der Waals surface area (Å²) in [4.78, 5) is 17.2. The van der Waals surface area contributed by atoms with Gasteiger partial charge in [0.2, 0.25) is 11.4 Å². The van der Waals surface area contributed by atoms with Crippen molar-refractivity contribution in [2.45, 2.75) is 19.4 Å². The van der Waals surface area contributed by atoms with Crippen LogP contribution in [0.25, 0.3) is 0 Å². The predicted molar refractivity (Wildman–Crippen MR) is 86.9 cm³/mol. The Morgan fingerprint density at radius 3 is 1.77 bits per heavy atom. The van der Waals surface area contributed by atoms with Gasteiger partial charge in [0, 0.05) is 0 Å². The van der Waals surface area contributed by atoms with E-state index in [0.29, 0.717) is 0 Å². The van der Waals surface area contributed by atoms with Gasteiger partial charge in [-0.25, -0.2) is 9.79 Å². The topological polar surface area (TPSA) is 38.7 Å². The monoisotopic (exact) mass is 291 g/mol. The van der Waals surface area contributed by atoms with E-state index in [0.717, 1.165) is 22.3 Å². The summed E-state index contributed by atoms with van der Waals surface area (Å²) in [5, 5.41) is 0. The highest BCUT2D eigenvalue weighted by molar-refractivity contribution is 6.06. The standard InChI is InChI=1S/C19H17NO2/c1-4-17-20-19(18(21)22-17,15-9-5-13(2)6-10-15)16-11-7-14(3)8-12-16/h4-12H,1H2,2-3H3. The molecule has 110 valence electrons. The molecular weight excluding hydrogens is 274 g/mol. The molecule has 0 aromatic heterocycles. The molecule has 0 N–H and O–H groups in total. The second-order valence-electron chi connectivity index (χ2n) is 5.49. The van der Waals surface area contributed by atoms with E-state index in [1.54, 1.807) is 0 Å². The van der Waals surface area contributed by atoms with Gasteiger partial charge in [-0.3, -0.25) is 0 Å². The fraction of sp³-hybridized carbons (Fsp3) is 0.158. The largest absolute Gasteiger partial charge is 0.405 e. The highest BCUT2D eigenvalue weighted by Gasteiger charge is 2.48. The van der Waals surface area contributed by atoms with E-state index >= 15 is 0 Å². The molecule has 1 aliphatic heterocycles. The Balaban J connectivity index is 2.25. The molecule has 0 saturated heterocycles. The molecule has 0 radical (unpaired) electrons. The predicted octanol–water partition coefficient (Wildman–Crippen LogP) is 3.69. The van der Waals surface area contributed by atoms with Gasteiger partial charge in [0.25, 0.3) is 0 Å². The zero-order chi connectivity index (χ0) is 15.7. The normalized spacial score (nSPS) is 16.1. The molecule has 1 heterocycles. The van der Waals surface area contributed by atoms with E-state index in [1.807, 2.05) is 62.4 Å². The Kier molecular flexibility index (Phi) is 3.41. The first-order chi connectivity index (χ1) is 10.6. The zero-order valence-corrected chi connectivity index (χ0v) is 12.7. The lowest BCUT2D eigenvalue weighted by atomic mass is 9.83. The van der Waals surface area contributed by atoms with Crippen molar-refractivity contribution in [3.63, 3.8) is 0 Å². The van der Waals surface area contributed by atoms with Crippen LogP contribution in [0.3, 0.4) is 0 Å². The van der Waals surface area contributed by atoms with Crippen molar-refractivity contribution in [1.82, 2.24) is 0 Å². The molecule has 0 fully saturated rings. The quantitative estimate of drug-likeness (QED) is 0.809.